The summed E-state index contributed by atoms with van der Waals surface area (Å²) in [5.74, 6) is -0.442. The number of hydrogen-bond donors (Lipinski definition) is 1. The molecule has 1 aliphatic rings. The summed E-state index contributed by atoms with van der Waals surface area (Å²) in [6.07, 6.45) is 3.05. The normalized spacial score (nSPS) is 17.1. The summed E-state index contributed by atoms with van der Waals surface area (Å²) in [6.45, 7) is 0. The van der Waals surface area contributed by atoms with Crippen LogP contribution in [0.2, 0.25) is 0 Å². The third-order valence-corrected chi connectivity index (χ3v) is 3.02. The highest BCUT2D eigenvalue weighted by atomic mass is 19.1. The maximum Gasteiger partial charge on any atom is 0.272 e. The molecule has 4 nitrogen and oxygen atoms in total. The van der Waals surface area contributed by atoms with Gasteiger partial charge in [-0.25, -0.2) is 4.39 Å². The van der Waals surface area contributed by atoms with Crippen molar-refractivity contribution in [2.75, 3.05) is 0 Å². The maximum atomic E-state index is 13.0. The van der Waals surface area contributed by atoms with E-state index >= 15 is 0 Å². The van der Waals surface area contributed by atoms with Crippen molar-refractivity contribution < 1.29 is 9.31 Å². The lowest BCUT2D eigenvalue weighted by atomic mass is 10.0. The van der Waals surface area contributed by atoms with Gasteiger partial charge >= 0.3 is 0 Å². The maximum absolute atomic E-state index is 13.0. The van der Waals surface area contributed by atoms with Gasteiger partial charge in [-0.15, -0.1) is 0 Å². The molecule has 1 fully saturated rings. The Hall–Kier alpha value is -1.49. The molecule has 16 heavy (non-hydrogen) atoms. The van der Waals surface area contributed by atoms with Gasteiger partial charge in [0.25, 0.3) is 5.69 Å². The number of rotatable bonds is 4. The van der Waals surface area contributed by atoms with Gasteiger partial charge in [0.1, 0.15) is 5.82 Å². The summed E-state index contributed by atoms with van der Waals surface area (Å²) < 4.78 is 13.0. The van der Waals surface area contributed by atoms with Gasteiger partial charge in [-0.1, -0.05) is 0 Å². The molecule has 0 bridgehead atoms. The van der Waals surface area contributed by atoms with Crippen molar-refractivity contribution in [3.63, 3.8) is 0 Å². The minimum atomic E-state index is -0.481. The first kappa shape index (κ1) is 11.0. The standard InChI is InChI=1S/C11H13FN2O2/c12-9-1-2-10(14(15)16)8(7-9)3-4-11(13)5-6-11/h1-2,7H,3-6,13H2. The molecule has 0 radical (unpaired) electrons. The van der Waals surface area contributed by atoms with E-state index in [0.29, 0.717) is 18.4 Å². The number of aryl methyl sites for hydroxylation is 1. The Labute approximate surface area is 92.4 Å². The zero-order valence-corrected chi connectivity index (χ0v) is 8.78. The molecule has 1 saturated carbocycles. The number of benzene rings is 1. The molecule has 0 atom stereocenters. The Bertz CT molecular complexity index is 430. The van der Waals surface area contributed by atoms with E-state index in [0.717, 1.165) is 18.9 Å². The summed E-state index contributed by atoms with van der Waals surface area (Å²) in [5.41, 5.74) is 6.14. The van der Waals surface area contributed by atoms with Gasteiger partial charge in [0.2, 0.25) is 0 Å². The number of halogens is 1. The Balaban J connectivity index is 2.16. The topological polar surface area (TPSA) is 69.2 Å². The van der Waals surface area contributed by atoms with E-state index in [1.165, 1.54) is 12.1 Å². The van der Waals surface area contributed by atoms with E-state index in [1.54, 1.807) is 0 Å². The van der Waals surface area contributed by atoms with E-state index in [-0.39, 0.29) is 11.2 Å². The van der Waals surface area contributed by atoms with Gasteiger partial charge in [0, 0.05) is 17.2 Å². The lowest BCUT2D eigenvalue weighted by molar-refractivity contribution is -0.385. The van der Waals surface area contributed by atoms with Crippen LogP contribution in [-0.2, 0) is 6.42 Å². The second kappa shape index (κ2) is 3.83. The average molecular weight is 224 g/mol. The van der Waals surface area contributed by atoms with Gasteiger partial charge in [0.05, 0.1) is 4.92 Å². The molecule has 0 spiro atoms. The van der Waals surface area contributed by atoms with Gasteiger partial charge in [-0.3, -0.25) is 10.1 Å². The number of nitrogens with two attached hydrogens (primary N) is 1. The summed E-state index contributed by atoms with van der Waals surface area (Å²) in [4.78, 5) is 10.2. The predicted molar refractivity (Wildman–Crippen MR) is 57.5 cm³/mol. The Morgan fingerprint density at radius 3 is 2.75 bits per heavy atom. The molecule has 86 valence electrons. The molecular weight excluding hydrogens is 211 g/mol. The van der Waals surface area contributed by atoms with Gasteiger partial charge < -0.3 is 5.73 Å². The van der Waals surface area contributed by atoms with Crippen molar-refractivity contribution in [1.29, 1.82) is 0 Å². The third kappa shape index (κ3) is 2.36. The van der Waals surface area contributed by atoms with Crippen LogP contribution in [0.4, 0.5) is 10.1 Å². The quantitative estimate of drug-likeness (QED) is 0.629. The monoisotopic (exact) mass is 224 g/mol. The van der Waals surface area contributed by atoms with Crippen molar-refractivity contribution >= 4 is 5.69 Å². The van der Waals surface area contributed by atoms with Crippen molar-refractivity contribution in [3.05, 3.63) is 39.7 Å². The average Bonchev–Trinajstić information content (AvgIpc) is 2.94. The van der Waals surface area contributed by atoms with Crippen LogP contribution in [-0.4, -0.2) is 10.5 Å². The smallest absolute Gasteiger partial charge is 0.272 e. The zero-order valence-electron chi connectivity index (χ0n) is 8.78. The highest BCUT2D eigenvalue weighted by Crippen LogP contribution is 2.37. The first-order valence-corrected chi connectivity index (χ1v) is 5.22. The van der Waals surface area contributed by atoms with E-state index < -0.39 is 10.7 Å². The molecule has 1 aromatic rings. The van der Waals surface area contributed by atoms with Crippen LogP contribution in [0.15, 0.2) is 18.2 Å². The number of nitro benzene ring substituents is 1. The molecule has 0 aromatic heterocycles. The molecule has 5 heteroatoms. The first-order valence-electron chi connectivity index (χ1n) is 5.22. The number of nitrogens with zero attached hydrogens (tertiary/aromatic N) is 1. The second-order valence-corrected chi connectivity index (χ2v) is 4.39. The number of hydrogen-bond acceptors (Lipinski definition) is 3. The van der Waals surface area contributed by atoms with Gasteiger partial charge in [0.15, 0.2) is 0 Å². The third-order valence-electron chi connectivity index (χ3n) is 3.02. The minimum Gasteiger partial charge on any atom is -0.325 e. The molecular formula is C11H13FN2O2. The summed E-state index contributed by atoms with van der Waals surface area (Å²) >= 11 is 0. The predicted octanol–water partition coefficient (Wildman–Crippen LogP) is 2.16. The molecule has 2 rings (SSSR count). The summed E-state index contributed by atoms with van der Waals surface area (Å²) in [7, 11) is 0. The fraction of sp³-hybridized carbons (Fsp3) is 0.455. The summed E-state index contributed by atoms with van der Waals surface area (Å²) in [5, 5.41) is 10.7. The molecule has 1 aliphatic carbocycles. The summed E-state index contributed by atoms with van der Waals surface area (Å²) in [6, 6.07) is 3.54. The minimum absolute atomic E-state index is 0.0225. The van der Waals surface area contributed by atoms with E-state index in [1.807, 2.05) is 0 Å². The van der Waals surface area contributed by atoms with E-state index in [4.69, 9.17) is 5.73 Å². The van der Waals surface area contributed by atoms with Crippen LogP contribution in [0, 0.1) is 15.9 Å². The largest absolute Gasteiger partial charge is 0.325 e. The van der Waals surface area contributed by atoms with Crippen molar-refractivity contribution in [1.82, 2.24) is 0 Å². The Morgan fingerprint density at radius 2 is 2.19 bits per heavy atom. The lowest BCUT2D eigenvalue weighted by Gasteiger charge is -2.08. The molecule has 0 heterocycles. The highest BCUT2D eigenvalue weighted by molar-refractivity contribution is 5.40. The molecule has 0 saturated heterocycles. The van der Waals surface area contributed by atoms with Gasteiger partial charge in [-0.05, 0) is 37.8 Å². The van der Waals surface area contributed by atoms with Crippen LogP contribution in [0.3, 0.4) is 0 Å². The molecule has 0 aliphatic heterocycles. The van der Waals surface area contributed by atoms with Crippen molar-refractivity contribution in [2.24, 2.45) is 5.73 Å². The molecule has 2 N–H and O–H groups in total. The van der Waals surface area contributed by atoms with Crippen LogP contribution >= 0.6 is 0 Å². The lowest BCUT2D eigenvalue weighted by Crippen LogP contribution is -2.22. The van der Waals surface area contributed by atoms with Crippen LogP contribution in [0.5, 0.6) is 0 Å². The molecule has 0 unspecified atom stereocenters. The van der Waals surface area contributed by atoms with Crippen molar-refractivity contribution in [2.45, 2.75) is 31.2 Å². The SMILES string of the molecule is NC1(CCc2cc(F)ccc2[N+](=O)[O-])CC1. The van der Waals surface area contributed by atoms with E-state index in [9.17, 15) is 14.5 Å². The number of nitro groups is 1. The van der Waals surface area contributed by atoms with Crippen molar-refractivity contribution in [3.8, 4) is 0 Å². The van der Waals surface area contributed by atoms with Crippen LogP contribution in [0.1, 0.15) is 24.8 Å². The molecule has 0 amide bonds. The second-order valence-electron chi connectivity index (χ2n) is 4.39. The Morgan fingerprint density at radius 1 is 1.50 bits per heavy atom. The fourth-order valence-corrected chi connectivity index (χ4v) is 1.73. The fourth-order valence-electron chi connectivity index (χ4n) is 1.73. The van der Waals surface area contributed by atoms with E-state index in [2.05, 4.69) is 0 Å². The molecule has 1 aromatic carbocycles. The zero-order chi connectivity index (χ0) is 11.8. The van der Waals surface area contributed by atoms with Crippen LogP contribution < -0.4 is 5.73 Å². The van der Waals surface area contributed by atoms with Gasteiger partial charge in [-0.2, -0.15) is 0 Å². The Kier molecular flexibility index (Phi) is 2.63. The van der Waals surface area contributed by atoms with Crippen LogP contribution in [0.25, 0.3) is 0 Å². The first-order chi connectivity index (χ1) is 7.50. The highest BCUT2D eigenvalue weighted by Gasteiger charge is 2.37.